The molecule has 1 aromatic heterocycles. The molecule has 1 aliphatic carbocycles. The fourth-order valence-corrected chi connectivity index (χ4v) is 2.91. The highest BCUT2D eigenvalue weighted by molar-refractivity contribution is 5.76. The van der Waals surface area contributed by atoms with Gasteiger partial charge in [-0.1, -0.05) is 24.9 Å². The highest BCUT2D eigenvalue weighted by Crippen LogP contribution is 2.24. The first-order chi connectivity index (χ1) is 10.2. The maximum Gasteiger partial charge on any atom is 0.227 e. The second kappa shape index (κ2) is 8.12. The zero-order valence-corrected chi connectivity index (χ0v) is 12.8. The molecule has 6 heteroatoms. The van der Waals surface area contributed by atoms with Gasteiger partial charge in [0.1, 0.15) is 0 Å². The Morgan fingerprint density at radius 1 is 1.38 bits per heavy atom. The van der Waals surface area contributed by atoms with Crippen molar-refractivity contribution in [2.24, 2.45) is 0 Å². The van der Waals surface area contributed by atoms with Crippen molar-refractivity contribution in [3.63, 3.8) is 0 Å². The lowest BCUT2D eigenvalue weighted by molar-refractivity contribution is -0.134. The van der Waals surface area contributed by atoms with Gasteiger partial charge in [-0.15, -0.1) is 0 Å². The van der Waals surface area contributed by atoms with Crippen molar-refractivity contribution in [1.29, 1.82) is 0 Å². The molecular weight excluding hydrogens is 270 g/mol. The number of aliphatic hydroxyl groups excluding tert-OH is 1. The Bertz CT molecular complexity index is 441. The van der Waals surface area contributed by atoms with Gasteiger partial charge in [-0.05, 0) is 19.3 Å². The van der Waals surface area contributed by atoms with Crippen molar-refractivity contribution in [3.05, 3.63) is 11.7 Å². The van der Waals surface area contributed by atoms with Crippen molar-refractivity contribution in [3.8, 4) is 0 Å². The van der Waals surface area contributed by atoms with Crippen LogP contribution in [0, 0.1) is 0 Å². The standard InChI is InChI=1S/C15H25N3O3/c1-2-5-13-16-14(21-17-13)8-9-15(20)18(10-11-19)12-6-3-4-7-12/h12,19H,2-11H2,1H3. The van der Waals surface area contributed by atoms with Gasteiger partial charge in [-0.3, -0.25) is 4.79 Å². The van der Waals surface area contributed by atoms with E-state index >= 15 is 0 Å². The molecule has 0 aliphatic heterocycles. The second-order valence-corrected chi connectivity index (χ2v) is 5.60. The summed E-state index contributed by atoms with van der Waals surface area (Å²) < 4.78 is 5.15. The molecule has 1 aromatic rings. The lowest BCUT2D eigenvalue weighted by atomic mass is 10.1. The Morgan fingerprint density at radius 3 is 2.81 bits per heavy atom. The molecule has 6 nitrogen and oxygen atoms in total. The summed E-state index contributed by atoms with van der Waals surface area (Å²) in [5, 5.41) is 13.1. The number of hydrogen-bond acceptors (Lipinski definition) is 5. The van der Waals surface area contributed by atoms with Gasteiger partial charge in [0.15, 0.2) is 5.82 Å². The van der Waals surface area contributed by atoms with E-state index in [4.69, 9.17) is 9.63 Å². The third-order valence-electron chi connectivity index (χ3n) is 3.96. The number of nitrogens with zero attached hydrogens (tertiary/aromatic N) is 3. The number of aryl methyl sites for hydroxylation is 2. The van der Waals surface area contributed by atoms with Crippen LogP contribution < -0.4 is 0 Å². The summed E-state index contributed by atoms with van der Waals surface area (Å²) in [6, 6.07) is 0.294. The minimum absolute atomic E-state index is 0.0173. The van der Waals surface area contributed by atoms with Crippen LogP contribution in [-0.2, 0) is 17.6 Å². The predicted molar refractivity (Wildman–Crippen MR) is 77.7 cm³/mol. The molecule has 0 bridgehead atoms. The highest BCUT2D eigenvalue weighted by Gasteiger charge is 2.26. The zero-order chi connectivity index (χ0) is 15.1. The minimum atomic E-state index is 0.0173. The quantitative estimate of drug-likeness (QED) is 0.790. The average Bonchev–Trinajstić information content (AvgIpc) is 3.14. The first-order valence-corrected chi connectivity index (χ1v) is 7.96. The van der Waals surface area contributed by atoms with Crippen molar-refractivity contribution in [2.75, 3.05) is 13.2 Å². The number of aromatic nitrogens is 2. The molecule has 0 radical (unpaired) electrons. The van der Waals surface area contributed by atoms with E-state index in [0.29, 0.717) is 37.1 Å². The molecular formula is C15H25N3O3. The first kappa shape index (κ1) is 15.9. The van der Waals surface area contributed by atoms with Crippen molar-refractivity contribution in [1.82, 2.24) is 15.0 Å². The smallest absolute Gasteiger partial charge is 0.227 e. The Balaban J connectivity index is 1.85. The van der Waals surface area contributed by atoms with Crippen LogP contribution in [0.2, 0.25) is 0 Å². The number of carbonyl (C=O) groups excluding carboxylic acids is 1. The van der Waals surface area contributed by atoms with Gasteiger partial charge in [0, 0.05) is 31.8 Å². The van der Waals surface area contributed by atoms with E-state index < -0.39 is 0 Å². The highest BCUT2D eigenvalue weighted by atomic mass is 16.5. The second-order valence-electron chi connectivity index (χ2n) is 5.60. The third-order valence-corrected chi connectivity index (χ3v) is 3.96. The van der Waals surface area contributed by atoms with Crippen molar-refractivity contribution >= 4 is 5.91 Å². The van der Waals surface area contributed by atoms with Gasteiger partial charge >= 0.3 is 0 Å². The summed E-state index contributed by atoms with van der Waals surface area (Å²) in [5.41, 5.74) is 0. The molecule has 1 fully saturated rings. The summed E-state index contributed by atoms with van der Waals surface area (Å²) in [6.07, 6.45) is 7.06. The summed E-state index contributed by atoms with van der Waals surface area (Å²) in [6.45, 7) is 2.51. The number of carbonyl (C=O) groups is 1. The van der Waals surface area contributed by atoms with Crippen molar-refractivity contribution < 1.29 is 14.4 Å². The monoisotopic (exact) mass is 295 g/mol. The van der Waals surface area contributed by atoms with E-state index in [9.17, 15) is 4.79 Å². The maximum absolute atomic E-state index is 12.4. The predicted octanol–water partition coefficient (Wildman–Crippen LogP) is 1.72. The number of aliphatic hydroxyl groups is 1. The normalized spacial score (nSPS) is 15.5. The molecule has 0 spiro atoms. The first-order valence-electron chi connectivity index (χ1n) is 7.96. The van der Waals surface area contributed by atoms with E-state index in [1.165, 1.54) is 12.8 Å². The Morgan fingerprint density at radius 2 is 2.14 bits per heavy atom. The molecule has 1 heterocycles. The third kappa shape index (κ3) is 4.52. The van der Waals surface area contributed by atoms with Crippen LogP contribution in [0.4, 0.5) is 0 Å². The fourth-order valence-electron chi connectivity index (χ4n) is 2.91. The van der Waals surface area contributed by atoms with Gasteiger partial charge in [0.05, 0.1) is 6.61 Å². The van der Waals surface area contributed by atoms with Crippen LogP contribution in [0.25, 0.3) is 0 Å². The van der Waals surface area contributed by atoms with Gasteiger partial charge in [0.25, 0.3) is 0 Å². The summed E-state index contributed by atoms with van der Waals surface area (Å²) in [5.74, 6) is 1.32. The van der Waals surface area contributed by atoms with Crippen LogP contribution in [0.5, 0.6) is 0 Å². The van der Waals surface area contributed by atoms with Crippen LogP contribution in [0.15, 0.2) is 4.52 Å². The Hall–Kier alpha value is -1.43. The number of rotatable bonds is 8. The fraction of sp³-hybridized carbons (Fsp3) is 0.800. The summed E-state index contributed by atoms with van der Waals surface area (Å²) in [7, 11) is 0. The SMILES string of the molecule is CCCc1noc(CCC(=O)N(CCO)C2CCCC2)n1. The van der Waals surface area contributed by atoms with E-state index in [-0.39, 0.29) is 12.5 Å². The molecule has 1 amide bonds. The van der Waals surface area contributed by atoms with Gasteiger partial charge < -0.3 is 14.5 Å². The van der Waals surface area contributed by atoms with Gasteiger partial charge in [-0.25, -0.2) is 0 Å². The Labute approximate surface area is 125 Å². The van der Waals surface area contributed by atoms with Crippen LogP contribution in [0.1, 0.15) is 57.2 Å². The van der Waals surface area contributed by atoms with E-state index in [1.54, 1.807) is 0 Å². The topological polar surface area (TPSA) is 79.5 Å². The minimum Gasteiger partial charge on any atom is -0.395 e. The van der Waals surface area contributed by atoms with Crippen LogP contribution in [0.3, 0.4) is 0 Å². The molecule has 0 saturated heterocycles. The molecule has 0 aromatic carbocycles. The van der Waals surface area contributed by atoms with Crippen molar-refractivity contribution in [2.45, 2.75) is 64.3 Å². The molecule has 2 rings (SSSR count). The zero-order valence-electron chi connectivity index (χ0n) is 12.8. The maximum atomic E-state index is 12.4. The molecule has 0 atom stereocenters. The van der Waals surface area contributed by atoms with Gasteiger partial charge in [-0.2, -0.15) is 4.98 Å². The molecule has 21 heavy (non-hydrogen) atoms. The van der Waals surface area contributed by atoms with Crippen LogP contribution in [-0.4, -0.2) is 45.2 Å². The van der Waals surface area contributed by atoms with E-state index in [1.807, 2.05) is 4.90 Å². The largest absolute Gasteiger partial charge is 0.395 e. The van der Waals surface area contributed by atoms with E-state index in [0.717, 1.165) is 25.7 Å². The molecule has 118 valence electrons. The average molecular weight is 295 g/mol. The van der Waals surface area contributed by atoms with E-state index in [2.05, 4.69) is 17.1 Å². The van der Waals surface area contributed by atoms with Gasteiger partial charge in [0.2, 0.25) is 11.8 Å². The molecule has 1 saturated carbocycles. The summed E-state index contributed by atoms with van der Waals surface area (Å²) in [4.78, 5) is 18.5. The number of amides is 1. The molecule has 1 aliphatic rings. The molecule has 1 N–H and O–H groups in total. The van der Waals surface area contributed by atoms with Crippen LogP contribution >= 0.6 is 0 Å². The number of hydrogen-bond donors (Lipinski definition) is 1. The lowest BCUT2D eigenvalue weighted by Gasteiger charge is -2.28. The summed E-state index contributed by atoms with van der Waals surface area (Å²) >= 11 is 0. The Kier molecular flexibility index (Phi) is 6.17. The lowest BCUT2D eigenvalue weighted by Crippen LogP contribution is -2.40. The molecule has 0 unspecified atom stereocenters.